The fraction of sp³-hybridized carbons (Fsp3) is 0.455. The summed E-state index contributed by atoms with van der Waals surface area (Å²) >= 11 is -1.07. The minimum Gasteiger partial charge on any atom is -0.611 e. The number of nitrogens with one attached hydrogen (secondary N) is 1. The smallest absolute Gasteiger partial charge is 0.228 e. The van der Waals surface area contributed by atoms with Crippen molar-refractivity contribution in [2.75, 3.05) is 35.7 Å². The fourth-order valence-corrected chi connectivity index (χ4v) is 5.91. The third kappa shape index (κ3) is 3.94. The van der Waals surface area contributed by atoms with Crippen molar-refractivity contribution >= 4 is 22.9 Å². The number of aryl methyl sites for hydroxylation is 1. The molecule has 3 aliphatic rings. The Hall–Kier alpha value is -2.76. The summed E-state index contributed by atoms with van der Waals surface area (Å²) in [5, 5.41) is 12.2. The predicted molar refractivity (Wildman–Crippen MR) is 121 cm³/mol. The molecule has 2 aromatic heterocycles. The molecular weight excluding hydrogens is 445 g/mol. The lowest BCUT2D eigenvalue weighted by Crippen LogP contribution is -2.36. The number of benzene rings is 1. The number of nitrogens with zero attached hydrogens (tertiary/aromatic N) is 6. The maximum atomic E-state index is 13.3. The molecule has 1 saturated heterocycles. The minimum atomic E-state index is -1.07. The van der Waals surface area contributed by atoms with Crippen LogP contribution in [-0.2, 0) is 35.4 Å². The van der Waals surface area contributed by atoms with Gasteiger partial charge in [-0.05, 0) is 48.3 Å². The number of anilines is 2. The van der Waals surface area contributed by atoms with Crippen LogP contribution >= 0.6 is 0 Å². The standard InChI is InChI=1S/C22H24FN7O2S/c23-15-3-1-14(2-4-15)21-28-27-18-13-29(8-9-30(18)21)22-25-17-7-12-33(31)19(17)20(26-22)24-16-5-10-32-11-6-16/h1-4,16H,5-13H2,(H,24,25,26)/t33-/m0/s1. The summed E-state index contributed by atoms with van der Waals surface area (Å²) < 4.78 is 33.5. The van der Waals surface area contributed by atoms with Crippen LogP contribution < -0.4 is 10.2 Å². The van der Waals surface area contributed by atoms with Crippen molar-refractivity contribution in [1.82, 2.24) is 24.7 Å². The van der Waals surface area contributed by atoms with Crippen LogP contribution in [0.2, 0.25) is 0 Å². The van der Waals surface area contributed by atoms with Crippen LogP contribution in [0.1, 0.15) is 24.4 Å². The van der Waals surface area contributed by atoms with Crippen molar-refractivity contribution in [1.29, 1.82) is 0 Å². The van der Waals surface area contributed by atoms with Crippen molar-refractivity contribution in [2.24, 2.45) is 0 Å². The summed E-state index contributed by atoms with van der Waals surface area (Å²) in [7, 11) is 0. The SMILES string of the molecule is [O-][S@@+]1CCc2nc(N3CCn4c(nnc4-c4ccc(F)cc4)C3)nc(NC3CCOCC3)c21. The van der Waals surface area contributed by atoms with E-state index in [2.05, 4.69) is 25.0 Å². The number of rotatable bonds is 4. The highest BCUT2D eigenvalue weighted by Crippen LogP contribution is 2.34. The van der Waals surface area contributed by atoms with Crippen LogP contribution in [0, 0.1) is 5.82 Å². The molecule has 6 rings (SSSR count). The molecule has 9 nitrogen and oxygen atoms in total. The molecule has 0 amide bonds. The van der Waals surface area contributed by atoms with E-state index in [0.717, 1.165) is 53.9 Å². The van der Waals surface area contributed by atoms with Crippen LogP contribution in [0.4, 0.5) is 16.2 Å². The van der Waals surface area contributed by atoms with Gasteiger partial charge in [0.05, 0.1) is 6.54 Å². The van der Waals surface area contributed by atoms with Crippen molar-refractivity contribution in [3.05, 3.63) is 41.6 Å². The van der Waals surface area contributed by atoms with E-state index in [1.54, 1.807) is 12.1 Å². The second-order valence-electron chi connectivity index (χ2n) is 8.50. The second kappa shape index (κ2) is 8.54. The Morgan fingerprint density at radius 1 is 1.09 bits per heavy atom. The van der Waals surface area contributed by atoms with Crippen LogP contribution in [0.15, 0.2) is 29.2 Å². The molecular formula is C22H24FN7O2S. The fourth-order valence-electron chi connectivity index (χ4n) is 4.60. The molecule has 1 atom stereocenters. The molecule has 0 saturated carbocycles. The highest BCUT2D eigenvalue weighted by molar-refractivity contribution is 7.91. The van der Waals surface area contributed by atoms with E-state index < -0.39 is 11.2 Å². The lowest BCUT2D eigenvalue weighted by molar-refractivity contribution is 0.0903. The third-order valence-corrected chi connectivity index (χ3v) is 7.84. The van der Waals surface area contributed by atoms with Crippen molar-refractivity contribution in [3.63, 3.8) is 0 Å². The van der Waals surface area contributed by atoms with Gasteiger partial charge >= 0.3 is 0 Å². The van der Waals surface area contributed by atoms with Crippen LogP contribution in [0.5, 0.6) is 0 Å². The summed E-state index contributed by atoms with van der Waals surface area (Å²) in [4.78, 5) is 12.5. The van der Waals surface area contributed by atoms with E-state index >= 15 is 0 Å². The van der Waals surface area contributed by atoms with Crippen LogP contribution in [-0.4, -0.2) is 60.8 Å². The minimum absolute atomic E-state index is 0.255. The quantitative estimate of drug-likeness (QED) is 0.580. The van der Waals surface area contributed by atoms with E-state index in [1.807, 2.05) is 0 Å². The van der Waals surface area contributed by atoms with Gasteiger partial charge < -0.3 is 24.1 Å². The number of fused-ring (bicyclic) bond motifs is 2. The highest BCUT2D eigenvalue weighted by Gasteiger charge is 2.34. The first-order chi connectivity index (χ1) is 16.2. The molecule has 0 radical (unpaired) electrons. The van der Waals surface area contributed by atoms with Crippen molar-refractivity contribution in [3.8, 4) is 11.4 Å². The first-order valence-corrected chi connectivity index (χ1v) is 12.5. The van der Waals surface area contributed by atoms with E-state index in [1.165, 1.54) is 12.1 Å². The Bertz CT molecular complexity index is 1170. The van der Waals surface area contributed by atoms with Gasteiger partial charge in [-0.3, -0.25) is 0 Å². The highest BCUT2D eigenvalue weighted by atomic mass is 32.2. The Morgan fingerprint density at radius 3 is 2.73 bits per heavy atom. The van der Waals surface area contributed by atoms with Gasteiger partial charge in [-0.25, -0.2) is 9.37 Å². The Morgan fingerprint density at radius 2 is 1.91 bits per heavy atom. The van der Waals surface area contributed by atoms with Gasteiger partial charge in [0, 0.05) is 44.3 Å². The molecule has 0 spiro atoms. The first-order valence-electron chi connectivity index (χ1n) is 11.2. The molecule has 5 heterocycles. The number of ether oxygens (including phenoxy) is 1. The monoisotopic (exact) mass is 469 g/mol. The summed E-state index contributed by atoms with van der Waals surface area (Å²) in [6.45, 7) is 3.33. The van der Waals surface area contributed by atoms with Gasteiger partial charge in [0.2, 0.25) is 10.8 Å². The summed E-state index contributed by atoms with van der Waals surface area (Å²) in [6.07, 6.45) is 2.50. The summed E-state index contributed by atoms with van der Waals surface area (Å²) in [5.41, 5.74) is 1.70. The molecule has 1 N–H and O–H groups in total. The Kier molecular flexibility index (Phi) is 5.39. The first kappa shape index (κ1) is 20.8. The lowest BCUT2D eigenvalue weighted by Gasteiger charge is -2.29. The van der Waals surface area contributed by atoms with Gasteiger partial charge in [-0.1, -0.05) is 0 Å². The van der Waals surface area contributed by atoms with Gasteiger partial charge in [0.1, 0.15) is 17.3 Å². The van der Waals surface area contributed by atoms with Gasteiger partial charge in [0.15, 0.2) is 17.5 Å². The van der Waals surface area contributed by atoms with Crippen molar-refractivity contribution < 1.29 is 13.7 Å². The molecule has 0 aliphatic carbocycles. The third-order valence-electron chi connectivity index (χ3n) is 6.38. The van der Waals surface area contributed by atoms with E-state index in [-0.39, 0.29) is 11.9 Å². The number of aromatic nitrogens is 5. The average molecular weight is 470 g/mol. The number of hydrogen-bond donors (Lipinski definition) is 1. The largest absolute Gasteiger partial charge is 0.611 e. The molecule has 1 aromatic carbocycles. The predicted octanol–water partition coefficient (Wildman–Crippen LogP) is 2.15. The van der Waals surface area contributed by atoms with Crippen LogP contribution in [0.25, 0.3) is 11.4 Å². The molecule has 3 aliphatic heterocycles. The molecule has 3 aromatic rings. The average Bonchev–Trinajstić information content (AvgIpc) is 3.43. The molecule has 172 valence electrons. The summed E-state index contributed by atoms with van der Waals surface area (Å²) in [5.74, 6) is 3.18. The molecule has 1 fully saturated rings. The number of halogens is 1. The lowest BCUT2D eigenvalue weighted by atomic mass is 10.1. The Balaban J connectivity index is 1.28. The van der Waals surface area contributed by atoms with Gasteiger partial charge in [-0.2, -0.15) is 4.98 Å². The summed E-state index contributed by atoms with van der Waals surface area (Å²) in [6, 6.07) is 6.56. The van der Waals surface area contributed by atoms with Crippen LogP contribution in [0.3, 0.4) is 0 Å². The zero-order valence-corrected chi connectivity index (χ0v) is 18.9. The van der Waals surface area contributed by atoms with E-state index in [9.17, 15) is 8.94 Å². The maximum absolute atomic E-state index is 13.3. The van der Waals surface area contributed by atoms with E-state index in [0.29, 0.717) is 43.6 Å². The molecule has 0 unspecified atom stereocenters. The zero-order chi connectivity index (χ0) is 22.4. The number of hydrogen-bond acceptors (Lipinski definition) is 8. The van der Waals surface area contributed by atoms with E-state index in [4.69, 9.17) is 14.7 Å². The molecule has 11 heteroatoms. The maximum Gasteiger partial charge on any atom is 0.228 e. The second-order valence-corrected chi connectivity index (χ2v) is 10.0. The molecule has 0 bridgehead atoms. The normalized spacial score (nSPS) is 20.5. The zero-order valence-electron chi connectivity index (χ0n) is 18.0. The van der Waals surface area contributed by atoms with Crippen molar-refractivity contribution in [2.45, 2.75) is 43.3 Å². The molecule has 33 heavy (non-hydrogen) atoms. The van der Waals surface area contributed by atoms with Gasteiger partial charge in [0.25, 0.3) is 0 Å². The Labute approximate surface area is 193 Å². The topological polar surface area (TPSA) is 104 Å². The van der Waals surface area contributed by atoms with Gasteiger partial charge in [-0.15, -0.1) is 10.2 Å².